The minimum atomic E-state index is -0.494. The summed E-state index contributed by atoms with van der Waals surface area (Å²) in [6.07, 6.45) is 0.461. The third-order valence-electron chi connectivity index (χ3n) is 7.13. The maximum Gasteiger partial charge on any atom is 0.251 e. The summed E-state index contributed by atoms with van der Waals surface area (Å²) in [7, 11) is 0. The molecule has 43 heavy (non-hydrogen) atoms. The van der Waals surface area contributed by atoms with E-state index in [1.807, 2.05) is 57.2 Å². The fraction of sp³-hybridized carbons (Fsp3) is 0.355. The van der Waals surface area contributed by atoms with Gasteiger partial charge in [0.1, 0.15) is 24.7 Å². The SMILES string of the molecule is Cc1cc(C)n(CC(=O)N2CCCNC(=O)c3cccc(c3)OCCn3nc(-c4ccccc4)nc3[C@H](C)NC(=O)C2)n1. The number of ether oxygens (including phenoxy) is 1. The number of carbonyl (C=O) groups excluding carboxylic acids is 3. The second-order valence-corrected chi connectivity index (χ2v) is 10.6. The van der Waals surface area contributed by atoms with E-state index in [1.165, 1.54) is 4.90 Å². The summed E-state index contributed by atoms with van der Waals surface area (Å²) in [5.74, 6) is 0.828. The van der Waals surface area contributed by atoms with Crippen LogP contribution in [0, 0.1) is 13.8 Å². The molecule has 4 aromatic rings. The van der Waals surface area contributed by atoms with Gasteiger partial charge in [0, 0.05) is 29.9 Å². The number of hydrogen-bond donors (Lipinski definition) is 2. The third-order valence-corrected chi connectivity index (χ3v) is 7.13. The number of carbonyl (C=O) groups is 3. The Bertz CT molecular complexity index is 1600. The monoisotopic (exact) mass is 584 g/mol. The fourth-order valence-electron chi connectivity index (χ4n) is 4.98. The Kier molecular flexibility index (Phi) is 9.14. The zero-order valence-corrected chi connectivity index (χ0v) is 24.6. The molecule has 0 unspecified atom stereocenters. The highest BCUT2D eigenvalue weighted by Gasteiger charge is 2.23. The number of aromatic nitrogens is 5. The Balaban J connectivity index is 1.41. The maximum atomic E-state index is 13.4. The molecule has 2 aromatic carbocycles. The van der Waals surface area contributed by atoms with Crippen molar-refractivity contribution < 1.29 is 19.1 Å². The van der Waals surface area contributed by atoms with Crippen LogP contribution in [0.2, 0.25) is 0 Å². The van der Waals surface area contributed by atoms with Gasteiger partial charge in [-0.2, -0.15) is 10.2 Å². The molecule has 12 heteroatoms. The largest absolute Gasteiger partial charge is 0.492 e. The number of aryl methyl sites for hydroxylation is 2. The summed E-state index contributed by atoms with van der Waals surface area (Å²) in [6.45, 7) is 6.69. The lowest BCUT2D eigenvalue weighted by atomic mass is 10.2. The summed E-state index contributed by atoms with van der Waals surface area (Å²) in [5, 5.41) is 15.0. The van der Waals surface area contributed by atoms with Gasteiger partial charge in [0.05, 0.1) is 24.8 Å². The van der Waals surface area contributed by atoms with E-state index in [4.69, 9.17) is 14.8 Å². The van der Waals surface area contributed by atoms with Crippen LogP contribution in [0.15, 0.2) is 60.7 Å². The molecular formula is C31H36N8O4. The van der Waals surface area contributed by atoms with Gasteiger partial charge in [-0.25, -0.2) is 9.67 Å². The van der Waals surface area contributed by atoms with Gasteiger partial charge < -0.3 is 20.3 Å². The lowest BCUT2D eigenvalue weighted by Gasteiger charge is -2.24. The highest BCUT2D eigenvalue weighted by Crippen LogP contribution is 2.20. The van der Waals surface area contributed by atoms with Crippen LogP contribution in [0.3, 0.4) is 0 Å². The van der Waals surface area contributed by atoms with Crippen molar-refractivity contribution in [2.45, 2.75) is 46.3 Å². The molecule has 5 rings (SSSR count). The van der Waals surface area contributed by atoms with Crippen LogP contribution in [-0.4, -0.2) is 73.4 Å². The van der Waals surface area contributed by atoms with Crippen LogP contribution >= 0.6 is 0 Å². The quantitative estimate of drug-likeness (QED) is 0.378. The molecule has 2 aromatic heterocycles. The van der Waals surface area contributed by atoms with Crippen LogP contribution < -0.4 is 15.4 Å². The Morgan fingerprint density at radius 3 is 2.56 bits per heavy atom. The minimum Gasteiger partial charge on any atom is -0.492 e. The smallest absolute Gasteiger partial charge is 0.251 e. The number of rotatable bonds is 3. The second kappa shape index (κ2) is 13.3. The number of nitrogens with zero attached hydrogens (tertiary/aromatic N) is 6. The molecule has 3 heterocycles. The van der Waals surface area contributed by atoms with Crippen molar-refractivity contribution in [2.75, 3.05) is 26.2 Å². The standard InChI is InChI=1S/C31H36N8O4/c1-21-17-22(2)39(35-21)20-28(41)37-14-8-13-32-31(42)25-11-7-12-26(18-25)43-16-15-38-30(23(3)33-27(40)19-37)34-29(36-38)24-9-5-4-6-10-24/h4-7,9-12,17-18,23H,8,13-16,19-20H2,1-3H3,(H,32,42)(H,33,40)/t23-/m0/s1. The molecule has 224 valence electrons. The number of hydrogen-bond acceptors (Lipinski definition) is 7. The molecule has 1 atom stereocenters. The minimum absolute atomic E-state index is 0.0103. The topological polar surface area (TPSA) is 136 Å². The van der Waals surface area contributed by atoms with Crippen molar-refractivity contribution in [1.29, 1.82) is 0 Å². The molecule has 12 nitrogen and oxygen atoms in total. The van der Waals surface area contributed by atoms with Crippen molar-refractivity contribution >= 4 is 17.7 Å². The highest BCUT2D eigenvalue weighted by molar-refractivity contribution is 5.94. The van der Waals surface area contributed by atoms with Gasteiger partial charge in [-0.1, -0.05) is 36.4 Å². The van der Waals surface area contributed by atoms with E-state index >= 15 is 0 Å². The molecule has 0 radical (unpaired) electrons. The molecule has 0 fully saturated rings. The first-order chi connectivity index (χ1) is 20.8. The van der Waals surface area contributed by atoms with Gasteiger partial charge in [0.25, 0.3) is 5.91 Å². The average Bonchev–Trinajstić information content (AvgIpc) is 3.56. The zero-order chi connectivity index (χ0) is 30.3. The Hall–Kier alpha value is -5.00. The van der Waals surface area contributed by atoms with Crippen LogP contribution in [0.25, 0.3) is 11.4 Å². The van der Waals surface area contributed by atoms with Crippen LogP contribution in [0.5, 0.6) is 5.75 Å². The summed E-state index contributed by atoms with van der Waals surface area (Å²) >= 11 is 0. The van der Waals surface area contributed by atoms with E-state index in [0.29, 0.717) is 42.5 Å². The number of amides is 3. The van der Waals surface area contributed by atoms with E-state index in [9.17, 15) is 14.4 Å². The van der Waals surface area contributed by atoms with Crippen molar-refractivity contribution in [3.05, 3.63) is 83.4 Å². The van der Waals surface area contributed by atoms with Crippen molar-refractivity contribution in [3.8, 4) is 17.1 Å². The van der Waals surface area contributed by atoms with Gasteiger partial charge in [-0.05, 0) is 51.5 Å². The van der Waals surface area contributed by atoms with Crippen LogP contribution in [0.4, 0.5) is 0 Å². The first-order valence-electron chi connectivity index (χ1n) is 14.4. The van der Waals surface area contributed by atoms with Crippen molar-refractivity contribution in [2.24, 2.45) is 0 Å². The molecule has 0 saturated heterocycles. The third kappa shape index (κ3) is 7.45. The summed E-state index contributed by atoms with van der Waals surface area (Å²) < 4.78 is 9.31. The van der Waals surface area contributed by atoms with Gasteiger partial charge in [0.2, 0.25) is 11.8 Å². The normalized spacial score (nSPS) is 16.7. The molecular weight excluding hydrogens is 548 g/mol. The lowest BCUT2D eigenvalue weighted by molar-refractivity contribution is -0.137. The van der Waals surface area contributed by atoms with E-state index in [1.54, 1.807) is 33.6 Å². The first kappa shape index (κ1) is 29.5. The van der Waals surface area contributed by atoms with E-state index in [0.717, 1.165) is 17.0 Å². The molecule has 1 aliphatic heterocycles. The van der Waals surface area contributed by atoms with E-state index in [2.05, 4.69) is 15.7 Å². The molecule has 0 spiro atoms. The van der Waals surface area contributed by atoms with Crippen molar-refractivity contribution in [1.82, 2.24) is 40.1 Å². The molecule has 0 aliphatic carbocycles. The Labute approximate surface area is 250 Å². The van der Waals surface area contributed by atoms with Gasteiger partial charge in [-0.3, -0.25) is 19.1 Å². The predicted molar refractivity (Wildman–Crippen MR) is 159 cm³/mol. The predicted octanol–water partition coefficient (Wildman–Crippen LogP) is 2.68. The Morgan fingerprint density at radius 1 is 1.00 bits per heavy atom. The molecule has 2 bridgehead atoms. The second-order valence-electron chi connectivity index (χ2n) is 10.6. The van der Waals surface area contributed by atoms with Crippen LogP contribution in [-0.2, 0) is 22.7 Å². The molecule has 1 aliphatic rings. The molecule has 3 amide bonds. The van der Waals surface area contributed by atoms with Gasteiger partial charge in [-0.15, -0.1) is 0 Å². The summed E-state index contributed by atoms with van der Waals surface area (Å²) in [4.78, 5) is 45.7. The van der Waals surface area contributed by atoms with E-state index < -0.39 is 6.04 Å². The van der Waals surface area contributed by atoms with Crippen molar-refractivity contribution in [3.63, 3.8) is 0 Å². The van der Waals surface area contributed by atoms with E-state index in [-0.39, 0.29) is 44.0 Å². The highest BCUT2D eigenvalue weighted by atomic mass is 16.5. The zero-order valence-electron chi connectivity index (χ0n) is 24.6. The van der Waals surface area contributed by atoms with Crippen LogP contribution in [0.1, 0.15) is 47.0 Å². The average molecular weight is 585 g/mol. The fourth-order valence-corrected chi connectivity index (χ4v) is 4.98. The molecule has 2 N–H and O–H groups in total. The first-order valence-corrected chi connectivity index (χ1v) is 14.4. The number of fused-ring (bicyclic) bond motifs is 3. The van der Waals surface area contributed by atoms with Gasteiger partial charge in [0.15, 0.2) is 5.82 Å². The maximum absolute atomic E-state index is 13.4. The number of nitrogens with one attached hydrogen (secondary N) is 2. The summed E-state index contributed by atoms with van der Waals surface area (Å²) in [6, 6.07) is 18.0. The summed E-state index contributed by atoms with van der Waals surface area (Å²) in [5.41, 5.74) is 2.99. The molecule has 0 saturated carbocycles. The number of benzene rings is 2. The lowest BCUT2D eigenvalue weighted by Crippen LogP contribution is -2.44. The van der Waals surface area contributed by atoms with Gasteiger partial charge >= 0.3 is 0 Å². The Morgan fingerprint density at radius 2 is 1.79 bits per heavy atom.